The zero-order valence-electron chi connectivity index (χ0n) is 14.6. The molecule has 0 spiro atoms. The van der Waals surface area contributed by atoms with Crippen LogP contribution in [0.25, 0.3) is 0 Å². The van der Waals surface area contributed by atoms with Crippen LogP contribution in [0.4, 0.5) is 11.9 Å². The number of anilines is 2. The van der Waals surface area contributed by atoms with Crippen molar-refractivity contribution in [2.45, 2.75) is 6.54 Å². The van der Waals surface area contributed by atoms with Gasteiger partial charge in [0.1, 0.15) is 5.75 Å². The quantitative estimate of drug-likeness (QED) is 0.844. The lowest BCUT2D eigenvalue weighted by molar-refractivity contribution is 0.0947. The van der Waals surface area contributed by atoms with Gasteiger partial charge in [-0.15, -0.1) is 0 Å². The molecule has 0 aliphatic heterocycles. The fourth-order valence-electron chi connectivity index (χ4n) is 1.96. The van der Waals surface area contributed by atoms with Crippen LogP contribution in [-0.4, -0.2) is 56.2 Å². The molecule has 128 valence electrons. The lowest BCUT2D eigenvalue weighted by Crippen LogP contribution is -2.26. The molecule has 0 aliphatic carbocycles. The molecular formula is C16H22N6O2. The number of hydrogen-bond acceptors (Lipinski definition) is 7. The second-order valence-electron chi connectivity index (χ2n) is 5.52. The standard InChI is InChI=1S/C16H22N6O2/c1-21(2)15-18-13(19-16(20-15)22(3)4)10-17-14(23)11-8-6-7-9-12(11)24-5/h6-9H,10H2,1-5H3,(H,17,23). The van der Waals surface area contributed by atoms with Gasteiger partial charge in [-0.05, 0) is 12.1 Å². The molecule has 8 nitrogen and oxygen atoms in total. The van der Waals surface area contributed by atoms with Crippen molar-refractivity contribution in [2.24, 2.45) is 0 Å². The molecule has 0 fully saturated rings. The van der Waals surface area contributed by atoms with E-state index < -0.39 is 0 Å². The number of ether oxygens (including phenoxy) is 1. The van der Waals surface area contributed by atoms with Gasteiger partial charge in [-0.25, -0.2) is 0 Å². The minimum Gasteiger partial charge on any atom is -0.496 e. The Balaban J connectivity index is 2.17. The summed E-state index contributed by atoms with van der Waals surface area (Å²) >= 11 is 0. The van der Waals surface area contributed by atoms with Crippen molar-refractivity contribution in [3.05, 3.63) is 35.7 Å². The number of carbonyl (C=O) groups excluding carboxylic acids is 1. The van der Waals surface area contributed by atoms with Gasteiger partial charge in [-0.2, -0.15) is 15.0 Å². The molecule has 0 saturated heterocycles. The van der Waals surface area contributed by atoms with Gasteiger partial charge in [0.2, 0.25) is 11.9 Å². The van der Waals surface area contributed by atoms with Crippen LogP contribution in [-0.2, 0) is 6.54 Å². The molecule has 8 heteroatoms. The van der Waals surface area contributed by atoms with Crippen molar-refractivity contribution >= 4 is 17.8 Å². The third-order valence-electron chi connectivity index (χ3n) is 3.22. The second-order valence-corrected chi connectivity index (χ2v) is 5.52. The average Bonchev–Trinajstić information content (AvgIpc) is 2.59. The summed E-state index contributed by atoms with van der Waals surface area (Å²) in [6, 6.07) is 7.05. The summed E-state index contributed by atoms with van der Waals surface area (Å²) in [5, 5.41) is 2.81. The van der Waals surface area contributed by atoms with E-state index in [4.69, 9.17) is 4.74 Å². The Labute approximate surface area is 141 Å². The second kappa shape index (κ2) is 7.58. The fourth-order valence-corrected chi connectivity index (χ4v) is 1.96. The molecule has 1 aromatic heterocycles. The van der Waals surface area contributed by atoms with Crippen LogP contribution in [0.3, 0.4) is 0 Å². The van der Waals surface area contributed by atoms with Gasteiger partial charge in [0.15, 0.2) is 5.82 Å². The molecule has 0 radical (unpaired) electrons. The number of para-hydroxylation sites is 1. The number of aromatic nitrogens is 3. The van der Waals surface area contributed by atoms with Gasteiger partial charge < -0.3 is 19.9 Å². The Morgan fingerprint density at radius 3 is 2.17 bits per heavy atom. The highest BCUT2D eigenvalue weighted by molar-refractivity contribution is 5.96. The molecule has 1 N–H and O–H groups in total. The van der Waals surface area contributed by atoms with Crippen molar-refractivity contribution in [2.75, 3.05) is 45.1 Å². The number of nitrogens with zero attached hydrogens (tertiary/aromatic N) is 5. The summed E-state index contributed by atoms with van der Waals surface area (Å²) in [5.74, 6) is 1.84. The number of amides is 1. The van der Waals surface area contributed by atoms with Gasteiger partial charge in [0, 0.05) is 28.2 Å². The van der Waals surface area contributed by atoms with E-state index in [0.717, 1.165) is 0 Å². The molecule has 24 heavy (non-hydrogen) atoms. The van der Waals surface area contributed by atoms with Crippen LogP contribution in [0.1, 0.15) is 16.2 Å². The van der Waals surface area contributed by atoms with Crippen LogP contribution < -0.4 is 19.9 Å². The largest absolute Gasteiger partial charge is 0.496 e. The molecular weight excluding hydrogens is 308 g/mol. The van der Waals surface area contributed by atoms with E-state index in [-0.39, 0.29) is 12.5 Å². The molecule has 2 aromatic rings. The van der Waals surface area contributed by atoms with Crippen LogP contribution >= 0.6 is 0 Å². The zero-order valence-corrected chi connectivity index (χ0v) is 14.6. The maximum Gasteiger partial charge on any atom is 0.255 e. The van der Waals surface area contributed by atoms with Crippen LogP contribution in [0, 0.1) is 0 Å². The van der Waals surface area contributed by atoms with Crippen molar-refractivity contribution in [1.29, 1.82) is 0 Å². The summed E-state index contributed by atoms with van der Waals surface area (Å²) < 4.78 is 5.20. The molecule has 0 unspecified atom stereocenters. The van der Waals surface area contributed by atoms with Crippen LogP contribution in [0.5, 0.6) is 5.75 Å². The van der Waals surface area contributed by atoms with Gasteiger partial charge >= 0.3 is 0 Å². The first-order valence-corrected chi connectivity index (χ1v) is 7.43. The van der Waals surface area contributed by atoms with Gasteiger partial charge in [-0.1, -0.05) is 12.1 Å². The van der Waals surface area contributed by atoms with E-state index in [1.54, 1.807) is 28.0 Å². The maximum atomic E-state index is 12.4. The fraction of sp³-hybridized carbons (Fsp3) is 0.375. The van der Waals surface area contributed by atoms with E-state index in [1.165, 1.54) is 7.11 Å². The maximum absolute atomic E-state index is 12.4. The summed E-state index contributed by atoms with van der Waals surface area (Å²) in [7, 11) is 8.95. The molecule has 1 aromatic carbocycles. The van der Waals surface area contributed by atoms with E-state index in [2.05, 4.69) is 20.3 Å². The minimum atomic E-state index is -0.245. The van der Waals surface area contributed by atoms with Crippen LogP contribution in [0.2, 0.25) is 0 Å². The van der Waals surface area contributed by atoms with Crippen molar-refractivity contribution < 1.29 is 9.53 Å². The molecule has 0 saturated carbocycles. The Bertz CT molecular complexity index is 691. The normalized spacial score (nSPS) is 10.2. The Morgan fingerprint density at radius 1 is 1.04 bits per heavy atom. The summed E-state index contributed by atoms with van der Waals surface area (Å²) in [5.41, 5.74) is 0.467. The highest BCUT2D eigenvalue weighted by Crippen LogP contribution is 2.17. The SMILES string of the molecule is COc1ccccc1C(=O)NCc1nc(N(C)C)nc(N(C)C)n1. The molecule has 0 aliphatic rings. The number of methoxy groups -OCH3 is 1. The molecule has 1 heterocycles. The smallest absolute Gasteiger partial charge is 0.255 e. The van der Waals surface area contributed by atoms with Crippen molar-refractivity contribution in [3.63, 3.8) is 0 Å². The van der Waals surface area contributed by atoms with E-state index in [0.29, 0.717) is 29.0 Å². The minimum absolute atomic E-state index is 0.196. The number of benzene rings is 1. The Hall–Kier alpha value is -2.90. The van der Waals surface area contributed by atoms with Gasteiger partial charge in [0.25, 0.3) is 5.91 Å². The molecule has 0 bridgehead atoms. The lowest BCUT2D eigenvalue weighted by atomic mass is 10.2. The van der Waals surface area contributed by atoms with Gasteiger partial charge in [-0.3, -0.25) is 4.79 Å². The number of hydrogen-bond donors (Lipinski definition) is 1. The number of carbonyl (C=O) groups is 1. The van der Waals surface area contributed by atoms with Crippen molar-refractivity contribution in [1.82, 2.24) is 20.3 Å². The van der Waals surface area contributed by atoms with Crippen LogP contribution in [0.15, 0.2) is 24.3 Å². The summed E-state index contributed by atoms with van der Waals surface area (Å²) in [4.78, 5) is 29.0. The first-order chi connectivity index (χ1) is 11.4. The van der Waals surface area contributed by atoms with E-state index in [1.807, 2.05) is 34.3 Å². The average molecular weight is 330 g/mol. The summed E-state index contributed by atoms with van der Waals surface area (Å²) in [6.45, 7) is 0.196. The molecule has 0 atom stereocenters. The van der Waals surface area contributed by atoms with E-state index in [9.17, 15) is 4.79 Å². The third kappa shape index (κ3) is 4.09. The van der Waals surface area contributed by atoms with Crippen molar-refractivity contribution in [3.8, 4) is 5.75 Å². The third-order valence-corrected chi connectivity index (χ3v) is 3.22. The lowest BCUT2D eigenvalue weighted by Gasteiger charge is -2.16. The zero-order chi connectivity index (χ0) is 17.7. The highest BCUT2D eigenvalue weighted by atomic mass is 16.5. The first-order valence-electron chi connectivity index (χ1n) is 7.43. The molecule has 1 amide bonds. The predicted octanol–water partition coefficient (Wildman–Crippen LogP) is 0.942. The topological polar surface area (TPSA) is 83.5 Å². The number of rotatable bonds is 6. The monoisotopic (exact) mass is 330 g/mol. The summed E-state index contributed by atoms with van der Waals surface area (Å²) in [6.07, 6.45) is 0. The van der Waals surface area contributed by atoms with Gasteiger partial charge in [0.05, 0.1) is 19.2 Å². The highest BCUT2D eigenvalue weighted by Gasteiger charge is 2.14. The Morgan fingerprint density at radius 2 is 1.62 bits per heavy atom. The first kappa shape index (κ1) is 17.5. The predicted molar refractivity (Wildman–Crippen MR) is 92.6 cm³/mol. The van der Waals surface area contributed by atoms with E-state index >= 15 is 0 Å². The Kier molecular flexibility index (Phi) is 5.51. The molecule has 2 rings (SSSR count). The number of nitrogens with one attached hydrogen (secondary N) is 1.